The van der Waals surface area contributed by atoms with Gasteiger partial charge in [0.1, 0.15) is 16.7 Å². The number of piperazine rings is 1. The van der Waals surface area contributed by atoms with Crippen molar-refractivity contribution >= 4 is 45.7 Å². The highest BCUT2D eigenvalue weighted by molar-refractivity contribution is 6.39. The number of aromatic amines is 1. The van der Waals surface area contributed by atoms with Crippen LogP contribution in [0.25, 0.3) is 10.9 Å². The van der Waals surface area contributed by atoms with Gasteiger partial charge in [-0.15, -0.1) is 0 Å². The lowest BCUT2D eigenvalue weighted by Gasteiger charge is -2.40. The number of carbonyl (C=O) groups is 2. The minimum Gasteiger partial charge on any atom is -0.368 e. The van der Waals surface area contributed by atoms with Crippen LogP contribution in [0, 0.1) is 11.6 Å². The Balaban J connectivity index is 1.43. The third kappa shape index (κ3) is 4.29. The molecule has 32 heavy (non-hydrogen) atoms. The quantitative estimate of drug-likeness (QED) is 0.454. The summed E-state index contributed by atoms with van der Waals surface area (Å²) in [5, 5.41) is 2.73. The minimum absolute atomic E-state index is 0.207. The number of nitrogens with one attached hydrogen (secondary N) is 2. The second-order valence-electron chi connectivity index (χ2n) is 7.60. The predicted molar refractivity (Wildman–Crippen MR) is 118 cm³/mol. The molecule has 0 unspecified atom stereocenters. The fourth-order valence-electron chi connectivity index (χ4n) is 3.77. The summed E-state index contributed by atoms with van der Waals surface area (Å²) in [4.78, 5) is 42.5. The van der Waals surface area contributed by atoms with Crippen molar-refractivity contribution in [2.24, 2.45) is 0 Å². The second-order valence-corrected chi connectivity index (χ2v) is 7.97. The van der Waals surface area contributed by atoms with Gasteiger partial charge in [0.2, 0.25) is 5.56 Å². The maximum Gasteiger partial charge on any atom is 0.313 e. The van der Waals surface area contributed by atoms with Crippen LogP contribution >= 0.6 is 11.6 Å². The maximum atomic E-state index is 13.8. The molecule has 1 aromatic heterocycles. The van der Waals surface area contributed by atoms with Crippen LogP contribution in [0.2, 0.25) is 5.02 Å². The van der Waals surface area contributed by atoms with Crippen molar-refractivity contribution in [1.82, 2.24) is 9.88 Å². The second kappa shape index (κ2) is 8.58. The number of halogens is 3. The normalized spacial score (nSPS) is 16.3. The van der Waals surface area contributed by atoms with Crippen molar-refractivity contribution in [3.8, 4) is 0 Å². The van der Waals surface area contributed by atoms with Gasteiger partial charge in [0.15, 0.2) is 0 Å². The highest BCUT2D eigenvalue weighted by atomic mass is 35.5. The summed E-state index contributed by atoms with van der Waals surface area (Å²) in [6.07, 6.45) is 0. The van der Waals surface area contributed by atoms with Gasteiger partial charge in [-0.1, -0.05) is 11.6 Å². The number of anilines is 2. The molecule has 4 rings (SSSR count). The van der Waals surface area contributed by atoms with Gasteiger partial charge in [-0.3, -0.25) is 14.4 Å². The van der Waals surface area contributed by atoms with Crippen molar-refractivity contribution in [1.29, 1.82) is 0 Å². The van der Waals surface area contributed by atoms with Crippen LogP contribution in [0.5, 0.6) is 0 Å². The molecule has 10 heteroatoms. The molecular weight excluding hydrogens is 442 g/mol. The van der Waals surface area contributed by atoms with Gasteiger partial charge in [0, 0.05) is 54.0 Å². The number of fused-ring (bicyclic) bond motifs is 1. The van der Waals surface area contributed by atoms with Gasteiger partial charge in [-0.05, 0) is 43.3 Å². The van der Waals surface area contributed by atoms with Crippen molar-refractivity contribution in [3.63, 3.8) is 0 Å². The number of H-pyrrole nitrogens is 1. The summed E-state index contributed by atoms with van der Waals surface area (Å²) in [6.45, 7) is 2.56. The van der Waals surface area contributed by atoms with Crippen LogP contribution < -0.4 is 15.8 Å². The van der Waals surface area contributed by atoms with Crippen molar-refractivity contribution in [3.05, 3.63) is 69.5 Å². The third-order valence-electron chi connectivity index (χ3n) is 5.40. The Kier molecular flexibility index (Phi) is 5.84. The van der Waals surface area contributed by atoms with Gasteiger partial charge in [0.05, 0.1) is 0 Å². The van der Waals surface area contributed by atoms with Crippen LogP contribution in [0.3, 0.4) is 0 Å². The number of nitrogens with zero attached hydrogens (tertiary/aromatic N) is 2. The van der Waals surface area contributed by atoms with E-state index in [0.29, 0.717) is 35.4 Å². The summed E-state index contributed by atoms with van der Waals surface area (Å²) in [7, 11) is 0. The molecule has 1 aliphatic rings. The zero-order chi connectivity index (χ0) is 23.0. The Morgan fingerprint density at radius 3 is 2.50 bits per heavy atom. The lowest BCUT2D eigenvalue weighted by molar-refractivity contribution is -0.144. The molecule has 2 amide bonds. The number of amides is 2. The molecule has 2 aromatic carbocycles. The van der Waals surface area contributed by atoms with Crippen LogP contribution in [0.15, 0.2) is 47.3 Å². The topological polar surface area (TPSA) is 85.5 Å². The lowest BCUT2D eigenvalue weighted by Crippen LogP contribution is -2.56. The molecule has 0 aliphatic carbocycles. The zero-order valence-electron chi connectivity index (χ0n) is 17.0. The molecule has 1 fully saturated rings. The number of hydrogen-bond donors (Lipinski definition) is 2. The van der Waals surface area contributed by atoms with E-state index in [9.17, 15) is 23.2 Å². The van der Waals surface area contributed by atoms with Crippen LogP contribution in [-0.2, 0) is 9.59 Å². The molecular formula is C22H19ClF2N4O3. The van der Waals surface area contributed by atoms with Crippen molar-refractivity contribution in [2.45, 2.75) is 13.0 Å². The van der Waals surface area contributed by atoms with Crippen LogP contribution in [0.4, 0.5) is 20.2 Å². The Labute approximate surface area is 186 Å². The Bertz CT molecular complexity index is 1260. The van der Waals surface area contributed by atoms with E-state index >= 15 is 0 Å². The molecule has 7 nitrogen and oxygen atoms in total. The predicted octanol–water partition coefficient (Wildman–Crippen LogP) is 3.14. The Hall–Kier alpha value is -3.46. The Morgan fingerprint density at radius 1 is 1.09 bits per heavy atom. The number of hydrogen-bond acceptors (Lipinski definition) is 4. The Morgan fingerprint density at radius 2 is 1.81 bits per heavy atom. The number of rotatable bonds is 2. The van der Waals surface area contributed by atoms with E-state index in [1.807, 2.05) is 0 Å². The van der Waals surface area contributed by atoms with Gasteiger partial charge in [0.25, 0.3) is 0 Å². The van der Waals surface area contributed by atoms with Crippen molar-refractivity contribution < 1.29 is 18.4 Å². The molecule has 3 aromatic rings. The number of benzene rings is 2. The van der Waals surface area contributed by atoms with Gasteiger partial charge < -0.3 is 20.1 Å². The van der Waals surface area contributed by atoms with E-state index in [4.69, 9.17) is 11.6 Å². The molecule has 0 saturated carbocycles. The SMILES string of the molecule is C[C@@H]1CN(c2cc(F)c(Cl)c(F)c2)CCN1C(=O)C(=O)Nc1ccc2[nH]c(=O)ccc2c1. The van der Waals surface area contributed by atoms with E-state index in [1.54, 1.807) is 36.1 Å². The smallest absolute Gasteiger partial charge is 0.313 e. The first kappa shape index (κ1) is 21.8. The number of aromatic nitrogens is 1. The maximum absolute atomic E-state index is 13.8. The van der Waals surface area contributed by atoms with Gasteiger partial charge in [-0.2, -0.15) is 0 Å². The molecule has 2 heterocycles. The first-order valence-corrected chi connectivity index (χ1v) is 10.3. The lowest BCUT2D eigenvalue weighted by atomic mass is 10.1. The molecule has 166 valence electrons. The molecule has 2 N–H and O–H groups in total. The highest BCUT2D eigenvalue weighted by Crippen LogP contribution is 2.27. The standard InChI is InChI=1S/C22H19ClF2N4O3/c1-12-11-28(15-9-16(24)20(23)17(25)10-15)6-7-29(12)22(32)21(31)26-14-3-4-18-13(8-14)2-5-19(30)27-18/h2-5,8-10,12H,6-7,11H2,1H3,(H,26,31)(H,27,30)/t12-/m1/s1. The fraction of sp³-hybridized carbons (Fsp3) is 0.227. The van der Waals surface area contributed by atoms with Crippen molar-refractivity contribution in [2.75, 3.05) is 29.9 Å². The fourth-order valence-corrected chi connectivity index (χ4v) is 3.87. The van der Waals surface area contributed by atoms with E-state index in [0.717, 1.165) is 12.1 Å². The molecule has 1 atom stereocenters. The average molecular weight is 461 g/mol. The molecule has 0 bridgehead atoms. The summed E-state index contributed by atoms with van der Waals surface area (Å²) >= 11 is 5.54. The highest BCUT2D eigenvalue weighted by Gasteiger charge is 2.31. The van der Waals surface area contributed by atoms with E-state index < -0.39 is 28.5 Å². The molecule has 0 spiro atoms. The van der Waals surface area contributed by atoms with E-state index in [2.05, 4.69) is 10.3 Å². The minimum atomic E-state index is -0.855. The average Bonchev–Trinajstić information content (AvgIpc) is 2.76. The zero-order valence-corrected chi connectivity index (χ0v) is 17.7. The first-order chi connectivity index (χ1) is 15.2. The van der Waals surface area contributed by atoms with Gasteiger partial charge in [-0.25, -0.2) is 8.78 Å². The molecule has 1 saturated heterocycles. The van der Waals surface area contributed by atoms with E-state index in [-0.39, 0.29) is 18.1 Å². The molecule has 1 aliphatic heterocycles. The number of pyridine rings is 1. The van der Waals surface area contributed by atoms with Gasteiger partial charge >= 0.3 is 11.8 Å². The monoisotopic (exact) mass is 460 g/mol. The first-order valence-electron chi connectivity index (χ1n) is 9.87. The number of carbonyl (C=O) groups excluding carboxylic acids is 2. The summed E-state index contributed by atoms with van der Waals surface area (Å²) < 4.78 is 27.6. The third-order valence-corrected chi connectivity index (χ3v) is 5.76. The van der Waals surface area contributed by atoms with E-state index in [1.165, 1.54) is 11.0 Å². The van der Waals surface area contributed by atoms with Crippen LogP contribution in [-0.4, -0.2) is 47.4 Å². The molecule has 0 radical (unpaired) electrons. The summed E-state index contributed by atoms with van der Waals surface area (Å²) in [6, 6.07) is 9.81. The largest absolute Gasteiger partial charge is 0.368 e. The summed E-state index contributed by atoms with van der Waals surface area (Å²) in [5.41, 5.74) is 1.12. The van der Waals surface area contributed by atoms with Crippen LogP contribution in [0.1, 0.15) is 6.92 Å². The summed E-state index contributed by atoms with van der Waals surface area (Å²) in [5.74, 6) is -3.21.